The molecule has 0 heterocycles. The van der Waals surface area contributed by atoms with Crippen LogP contribution in [-0.4, -0.2) is 56.0 Å². The zero-order valence-electron chi connectivity index (χ0n) is 17.1. The lowest BCUT2D eigenvalue weighted by molar-refractivity contribution is -0.145. The molecule has 7 heteroatoms. The molecule has 0 aliphatic carbocycles. The van der Waals surface area contributed by atoms with E-state index >= 15 is 0 Å². The van der Waals surface area contributed by atoms with E-state index in [1.807, 2.05) is 45.9 Å². The molecule has 1 atom stereocenters. The third kappa shape index (κ3) is 7.78. The molecule has 0 aliphatic heterocycles. The van der Waals surface area contributed by atoms with E-state index in [2.05, 4.69) is 10.6 Å². The third-order valence-electron chi connectivity index (χ3n) is 4.10. The van der Waals surface area contributed by atoms with Crippen LogP contribution in [0.5, 0.6) is 0 Å². The predicted octanol–water partition coefficient (Wildman–Crippen LogP) is 1.88. The Balaban J connectivity index is 2.57. The van der Waals surface area contributed by atoms with Gasteiger partial charge < -0.3 is 15.4 Å². The van der Waals surface area contributed by atoms with Gasteiger partial charge in [0.1, 0.15) is 6.04 Å². The summed E-state index contributed by atoms with van der Waals surface area (Å²) in [6.07, 6.45) is 0.495. The van der Waals surface area contributed by atoms with Gasteiger partial charge in [0.2, 0.25) is 11.8 Å². The molecule has 0 fully saturated rings. The van der Waals surface area contributed by atoms with Gasteiger partial charge in [-0.3, -0.25) is 14.5 Å². The molecule has 0 unspecified atom stereocenters. The van der Waals surface area contributed by atoms with Gasteiger partial charge in [0.25, 0.3) is 0 Å². The summed E-state index contributed by atoms with van der Waals surface area (Å²) in [5.41, 5.74) is 2.76. The van der Waals surface area contributed by atoms with E-state index in [9.17, 15) is 14.4 Å². The number of nitrogens with one attached hydrogen (secondary N) is 2. The van der Waals surface area contributed by atoms with E-state index < -0.39 is 12.0 Å². The molecule has 1 aromatic carbocycles. The molecule has 0 bridgehead atoms. The topological polar surface area (TPSA) is 87.7 Å². The predicted molar refractivity (Wildman–Crippen MR) is 105 cm³/mol. The fourth-order valence-electron chi connectivity index (χ4n) is 2.80. The number of esters is 1. The number of nitrogens with zero attached hydrogens (tertiary/aromatic N) is 1. The van der Waals surface area contributed by atoms with Crippen LogP contribution in [0.4, 0.5) is 5.69 Å². The zero-order valence-corrected chi connectivity index (χ0v) is 17.1. The number of hydrogen-bond acceptors (Lipinski definition) is 5. The summed E-state index contributed by atoms with van der Waals surface area (Å²) in [5, 5.41) is 5.57. The van der Waals surface area contributed by atoms with Crippen molar-refractivity contribution >= 4 is 23.5 Å². The monoisotopic (exact) mass is 377 g/mol. The summed E-state index contributed by atoms with van der Waals surface area (Å²) in [6.45, 7) is 7.86. The van der Waals surface area contributed by atoms with Crippen molar-refractivity contribution in [2.24, 2.45) is 5.92 Å². The number of anilines is 1. The summed E-state index contributed by atoms with van der Waals surface area (Å²) in [4.78, 5) is 37.9. The average Bonchev–Trinajstić information content (AvgIpc) is 2.56. The van der Waals surface area contributed by atoms with Gasteiger partial charge in [-0.25, -0.2) is 4.79 Å². The Hall–Kier alpha value is -2.41. The number of hydrogen-bond donors (Lipinski definition) is 2. The number of ether oxygens (including phenoxy) is 1. The van der Waals surface area contributed by atoms with Crippen LogP contribution in [-0.2, 0) is 19.1 Å². The van der Waals surface area contributed by atoms with Crippen LogP contribution in [0.1, 0.15) is 31.4 Å². The third-order valence-corrected chi connectivity index (χ3v) is 4.10. The Labute approximate surface area is 161 Å². The number of likely N-dealkylation sites (N-methyl/N-ethyl adjacent to an activating group) is 1. The molecule has 1 rings (SSSR count). The summed E-state index contributed by atoms with van der Waals surface area (Å²) < 4.78 is 4.74. The van der Waals surface area contributed by atoms with Gasteiger partial charge in [-0.2, -0.15) is 0 Å². The largest absolute Gasteiger partial charge is 0.467 e. The second-order valence-corrected chi connectivity index (χ2v) is 7.26. The van der Waals surface area contributed by atoms with Crippen molar-refractivity contribution in [2.45, 2.75) is 40.2 Å². The average molecular weight is 377 g/mol. The van der Waals surface area contributed by atoms with E-state index in [0.29, 0.717) is 6.42 Å². The molecule has 0 saturated carbocycles. The first kappa shape index (κ1) is 22.6. The lowest BCUT2D eigenvalue weighted by atomic mass is 10.0. The molecule has 1 aromatic rings. The van der Waals surface area contributed by atoms with Crippen molar-refractivity contribution in [3.63, 3.8) is 0 Å². The minimum atomic E-state index is -0.681. The molecule has 27 heavy (non-hydrogen) atoms. The maximum absolute atomic E-state index is 12.3. The smallest absolute Gasteiger partial charge is 0.328 e. The zero-order chi connectivity index (χ0) is 20.6. The molecule has 0 aromatic heterocycles. The SMILES string of the molecule is COC(=O)[C@@H](CC(C)C)NC(=O)CN(C)CC(=O)Nc1c(C)cccc1C. The Morgan fingerprint density at radius 1 is 1.07 bits per heavy atom. The Morgan fingerprint density at radius 2 is 1.63 bits per heavy atom. The van der Waals surface area contributed by atoms with E-state index in [1.165, 1.54) is 7.11 Å². The first-order valence-electron chi connectivity index (χ1n) is 9.05. The molecule has 0 radical (unpaired) electrons. The summed E-state index contributed by atoms with van der Waals surface area (Å²) in [5.74, 6) is -0.759. The van der Waals surface area contributed by atoms with Gasteiger partial charge in [-0.15, -0.1) is 0 Å². The van der Waals surface area contributed by atoms with Gasteiger partial charge in [0.15, 0.2) is 0 Å². The lowest BCUT2D eigenvalue weighted by Gasteiger charge is -2.21. The molecule has 0 spiro atoms. The summed E-state index contributed by atoms with van der Waals surface area (Å²) in [6, 6.07) is 5.12. The highest BCUT2D eigenvalue weighted by Gasteiger charge is 2.23. The van der Waals surface area contributed by atoms with Crippen molar-refractivity contribution < 1.29 is 19.1 Å². The quantitative estimate of drug-likeness (QED) is 0.642. The van der Waals surface area contributed by atoms with Crippen LogP contribution < -0.4 is 10.6 Å². The Kier molecular flexibility index (Phi) is 8.94. The maximum Gasteiger partial charge on any atom is 0.328 e. The fourth-order valence-corrected chi connectivity index (χ4v) is 2.80. The van der Waals surface area contributed by atoms with Gasteiger partial charge >= 0.3 is 5.97 Å². The number of carbonyl (C=O) groups is 3. The van der Waals surface area contributed by atoms with Crippen molar-refractivity contribution in [1.29, 1.82) is 0 Å². The number of aryl methyl sites for hydroxylation is 2. The molecule has 0 aliphatic rings. The molecule has 0 saturated heterocycles. The van der Waals surface area contributed by atoms with Crippen LogP contribution in [0, 0.1) is 19.8 Å². The standard InChI is InChI=1S/C20H31N3O4/c1-13(2)10-16(20(26)27-6)21-17(24)11-23(5)12-18(25)22-19-14(3)8-7-9-15(19)4/h7-9,13,16H,10-12H2,1-6H3,(H,21,24)(H,22,25)/t16-/m1/s1. The van der Waals surface area contributed by atoms with Gasteiger partial charge in [0.05, 0.1) is 20.2 Å². The van der Waals surface area contributed by atoms with Crippen molar-refractivity contribution in [3.05, 3.63) is 29.3 Å². The Morgan fingerprint density at radius 3 is 2.15 bits per heavy atom. The van der Waals surface area contributed by atoms with Crippen LogP contribution >= 0.6 is 0 Å². The van der Waals surface area contributed by atoms with Crippen LogP contribution in [0.3, 0.4) is 0 Å². The molecular weight excluding hydrogens is 346 g/mol. The summed E-state index contributed by atoms with van der Waals surface area (Å²) >= 11 is 0. The number of benzene rings is 1. The normalized spacial score (nSPS) is 12.0. The highest BCUT2D eigenvalue weighted by Crippen LogP contribution is 2.19. The molecule has 2 N–H and O–H groups in total. The van der Waals surface area contributed by atoms with E-state index in [4.69, 9.17) is 4.74 Å². The second kappa shape index (κ2) is 10.7. The van der Waals surface area contributed by atoms with E-state index in [0.717, 1.165) is 16.8 Å². The molecule has 150 valence electrons. The van der Waals surface area contributed by atoms with E-state index in [-0.39, 0.29) is 30.8 Å². The fraction of sp³-hybridized carbons (Fsp3) is 0.550. The van der Waals surface area contributed by atoms with Crippen LogP contribution in [0.25, 0.3) is 0 Å². The van der Waals surface area contributed by atoms with Crippen molar-refractivity contribution in [2.75, 3.05) is 32.6 Å². The lowest BCUT2D eigenvalue weighted by Crippen LogP contribution is -2.46. The molecule has 7 nitrogen and oxygen atoms in total. The number of para-hydroxylation sites is 1. The van der Waals surface area contributed by atoms with Gasteiger partial charge in [-0.1, -0.05) is 32.0 Å². The minimum Gasteiger partial charge on any atom is -0.467 e. The maximum atomic E-state index is 12.3. The minimum absolute atomic E-state index is 0.00572. The van der Waals surface area contributed by atoms with Crippen LogP contribution in [0.15, 0.2) is 18.2 Å². The number of amides is 2. The Bertz CT molecular complexity index is 653. The van der Waals surface area contributed by atoms with Crippen molar-refractivity contribution in [3.8, 4) is 0 Å². The van der Waals surface area contributed by atoms with E-state index in [1.54, 1.807) is 11.9 Å². The first-order chi connectivity index (χ1) is 12.6. The highest BCUT2D eigenvalue weighted by atomic mass is 16.5. The first-order valence-corrected chi connectivity index (χ1v) is 9.05. The second-order valence-electron chi connectivity index (χ2n) is 7.26. The molecular formula is C20H31N3O4. The highest BCUT2D eigenvalue weighted by molar-refractivity contribution is 5.94. The number of carbonyl (C=O) groups excluding carboxylic acids is 3. The number of rotatable bonds is 9. The van der Waals surface area contributed by atoms with Crippen LogP contribution in [0.2, 0.25) is 0 Å². The summed E-state index contributed by atoms with van der Waals surface area (Å²) in [7, 11) is 2.98. The van der Waals surface area contributed by atoms with Gasteiger partial charge in [0, 0.05) is 5.69 Å². The molecule has 2 amide bonds. The van der Waals surface area contributed by atoms with Crippen molar-refractivity contribution in [1.82, 2.24) is 10.2 Å². The van der Waals surface area contributed by atoms with Gasteiger partial charge in [-0.05, 0) is 44.4 Å². The number of methoxy groups -OCH3 is 1.